The Morgan fingerprint density at radius 3 is 2.36 bits per heavy atom. The van der Waals surface area contributed by atoms with Crippen LogP contribution in [0.2, 0.25) is 0 Å². The number of carbonyl (C=O) groups is 3. The predicted molar refractivity (Wildman–Crippen MR) is 153 cm³/mol. The van der Waals surface area contributed by atoms with E-state index in [1.165, 1.54) is 0 Å². The molecule has 3 aromatic rings. The molecule has 7 heteroatoms. The first kappa shape index (κ1) is 27.6. The van der Waals surface area contributed by atoms with E-state index >= 15 is 0 Å². The summed E-state index contributed by atoms with van der Waals surface area (Å²) in [4.78, 5) is 41.5. The van der Waals surface area contributed by atoms with Gasteiger partial charge in [-0.3, -0.25) is 9.69 Å². The molecule has 1 aliphatic rings. The molecule has 3 amide bonds. The van der Waals surface area contributed by atoms with Gasteiger partial charge in [-0.2, -0.15) is 0 Å². The molecule has 0 spiro atoms. The molecule has 1 heterocycles. The van der Waals surface area contributed by atoms with Gasteiger partial charge in [-0.1, -0.05) is 74.9 Å². The molecule has 0 fully saturated rings. The second-order valence-electron chi connectivity index (χ2n) is 9.37. The van der Waals surface area contributed by atoms with E-state index in [2.05, 4.69) is 24.5 Å². The molecular weight excluding hydrogens is 490 g/mol. The minimum absolute atomic E-state index is 0.201. The quantitative estimate of drug-likeness (QED) is 0.302. The van der Waals surface area contributed by atoms with Crippen molar-refractivity contribution in [2.24, 2.45) is 0 Å². The van der Waals surface area contributed by atoms with Crippen molar-refractivity contribution in [2.45, 2.75) is 46.1 Å². The Balaban J connectivity index is 1.76. The van der Waals surface area contributed by atoms with E-state index in [0.29, 0.717) is 34.6 Å². The van der Waals surface area contributed by atoms with Gasteiger partial charge in [0.1, 0.15) is 0 Å². The number of hydrogen-bond donors (Lipinski definition) is 2. The third kappa shape index (κ3) is 6.37. The Morgan fingerprint density at radius 1 is 0.949 bits per heavy atom. The van der Waals surface area contributed by atoms with Gasteiger partial charge in [-0.15, -0.1) is 0 Å². The Labute approximate surface area is 229 Å². The van der Waals surface area contributed by atoms with Crippen LogP contribution in [0.4, 0.5) is 10.5 Å². The van der Waals surface area contributed by atoms with Crippen LogP contribution in [-0.2, 0) is 16.0 Å². The number of carbonyl (C=O) groups excluding carboxylic acids is 3. The fraction of sp³-hybridized carbons (Fsp3) is 0.281. The highest BCUT2D eigenvalue weighted by atomic mass is 16.5. The van der Waals surface area contributed by atoms with Crippen LogP contribution < -0.4 is 10.6 Å². The lowest BCUT2D eigenvalue weighted by Gasteiger charge is -2.37. The highest BCUT2D eigenvalue weighted by Gasteiger charge is 2.38. The van der Waals surface area contributed by atoms with Gasteiger partial charge in [0.25, 0.3) is 5.91 Å². The average molecular weight is 526 g/mol. The van der Waals surface area contributed by atoms with Gasteiger partial charge in [0.15, 0.2) is 0 Å². The summed E-state index contributed by atoms with van der Waals surface area (Å²) in [6.45, 7) is 6.55. The van der Waals surface area contributed by atoms with E-state index in [4.69, 9.17) is 4.74 Å². The van der Waals surface area contributed by atoms with Gasteiger partial charge in [0.2, 0.25) is 0 Å². The van der Waals surface area contributed by atoms with Crippen LogP contribution in [0.5, 0.6) is 0 Å². The normalized spacial score (nSPS) is 15.1. The van der Waals surface area contributed by atoms with Crippen molar-refractivity contribution < 1.29 is 19.1 Å². The fourth-order valence-corrected chi connectivity index (χ4v) is 4.66. The molecule has 0 aliphatic carbocycles. The Kier molecular flexibility index (Phi) is 9.15. The summed E-state index contributed by atoms with van der Waals surface area (Å²) < 4.78 is 5.50. The zero-order chi connectivity index (χ0) is 27.8. The average Bonchev–Trinajstić information content (AvgIpc) is 2.96. The number of unbranched alkanes of at least 4 members (excludes halogenated alkanes) is 1. The van der Waals surface area contributed by atoms with Crippen molar-refractivity contribution in [1.82, 2.24) is 10.2 Å². The lowest BCUT2D eigenvalue weighted by molar-refractivity contribution is -0.138. The molecule has 4 rings (SSSR count). The third-order valence-corrected chi connectivity index (χ3v) is 6.71. The van der Waals surface area contributed by atoms with Crippen LogP contribution in [0.15, 0.2) is 84.4 Å². The van der Waals surface area contributed by atoms with Crippen molar-refractivity contribution in [3.8, 4) is 0 Å². The number of benzene rings is 3. The summed E-state index contributed by atoms with van der Waals surface area (Å²) in [5.74, 6) is -0.729. The lowest BCUT2D eigenvalue weighted by atomic mass is 9.91. The SMILES string of the molecule is CCCCN1C(=O)NC(c2cccc(NC(=O)c3ccc(CC)cc3)c2)C(C(=O)OCC)=C1c1ccccc1. The third-order valence-electron chi connectivity index (χ3n) is 6.71. The van der Waals surface area contributed by atoms with E-state index in [1.807, 2.05) is 48.5 Å². The largest absolute Gasteiger partial charge is 0.463 e. The van der Waals surface area contributed by atoms with Gasteiger partial charge in [0, 0.05) is 17.8 Å². The molecule has 3 aromatic carbocycles. The maximum absolute atomic E-state index is 13.5. The second-order valence-corrected chi connectivity index (χ2v) is 9.37. The van der Waals surface area contributed by atoms with Gasteiger partial charge >= 0.3 is 12.0 Å². The molecular formula is C32H35N3O4. The molecule has 1 aliphatic heterocycles. The molecule has 202 valence electrons. The number of rotatable bonds is 10. The van der Waals surface area contributed by atoms with Crippen LogP contribution in [0.3, 0.4) is 0 Å². The Bertz CT molecular complexity index is 1350. The summed E-state index contributed by atoms with van der Waals surface area (Å²) in [6, 6.07) is 23.1. The molecule has 7 nitrogen and oxygen atoms in total. The standard InChI is InChI=1S/C32H35N3O4/c1-4-7-20-35-29(23-12-9-8-10-13-23)27(31(37)39-6-3)28(34-32(35)38)25-14-11-15-26(21-25)33-30(36)24-18-16-22(5-2)17-19-24/h8-19,21,28H,4-7,20H2,1-3H3,(H,33,36)(H,34,38). The number of nitrogens with one attached hydrogen (secondary N) is 2. The van der Waals surface area contributed by atoms with Crippen molar-refractivity contribution in [1.29, 1.82) is 0 Å². The molecule has 1 atom stereocenters. The number of urea groups is 1. The van der Waals surface area contributed by atoms with Gasteiger partial charge in [-0.05, 0) is 60.7 Å². The van der Waals surface area contributed by atoms with Crippen LogP contribution in [0.1, 0.15) is 66.7 Å². The van der Waals surface area contributed by atoms with E-state index in [-0.39, 0.29) is 18.5 Å². The van der Waals surface area contributed by atoms with E-state index in [1.54, 1.807) is 42.2 Å². The Hall–Kier alpha value is -4.39. The molecule has 1 unspecified atom stereocenters. The van der Waals surface area contributed by atoms with Crippen molar-refractivity contribution in [2.75, 3.05) is 18.5 Å². The molecule has 0 bridgehead atoms. The van der Waals surface area contributed by atoms with Gasteiger partial charge in [-0.25, -0.2) is 9.59 Å². The van der Waals surface area contributed by atoms with Crippen LogP contribution >= 0.6 is 0 Å². The van der Waals surface area contributed by atoms with E-state index in [0.717, 1.165) is 30.4 Å². The smallest absolute Gasteiger partial charge is 0.338 e. The molecule has 0 aromatic heterocycles. The van der Waals surface area contributed by atoms with Gasteiger partial charge in [0.05, 0.1) is 23.9 Å². The number of nitrogens with zero attached hydrogens (tertiary/aromatic N) is 1. The highest BCUT2D eigenvalue weighted by molar-refractivity contribution is 6.05. The summed E-state index contributed by atoms with van der Waals surface area (Å²) in [5.41, 5.74) is 4.59. The van der Waals surface area contributed by atoms with E-state index in [9.17, 15) is 14.4 Å². The number of anilines is 1. The maximum Gasteiger partial charge on any atom is 0.338 e. The second kappa shape index (κ2) is 12.9. The summed E-state index contributed by atoms with van der Waals surface area (Å²) in [5, 5.41) is 5.96. The zero-order valence-electron chi connectivity index (χ0n) is 22.7. The molecule has 0 radical (unpaired) electrons. The minimum atomic E-state index is -0.759. The molecule has 39 heavy (non-hydrogen) atoms. The fourth-order valence-electron chi connectivity index (χ4n) is 4.66. The maximum atomic E-state index is 13.5. The summed E-state index contributed by atoms with van der Waals surface area (Å²) in [7, 11) is 0. The summed E-state index contributed by atoms with van der Waals surface area (Å²) >= 11 is 0. The number of aryl methyl sites for hydroxylation is 1. The number of esters is 1. The first-order chi connectivity index (χ1) is 19.0. The molecule has 0 saturated carbocycles. The van der Waals surface area contributed by atoms with Gasteiger partial charge < -0.3 is 15.4 Å². The van der Waals surface area contributed by atoms with Crippen LogP contribution in [-0.4, -0.2) is 36.0 Å². The van der Waals surface area contributed by atoms with Crippen molar-refractivity contribution in [3.05, 3.63) is 107 Å². The zero-order valence-corrected chi connectivity index (χ0v) is 22.7. The van der Waals surface area contributed by atoms with Crippen molar-refractivity contribution in [3.63, 3.8) is 0 Å². The first-order valence-electron chi connectivity index (χ1n) is 13.5. The van der Waals surface area contributed by atoms with E-state index < -0.39 is 12.0 Å². The lowest BCUT2D eigenvalue weighted by Crippen LogP contribution is -2.48. The topological polar surface area (TPSA) is 87.7 Å². The number of amides is 3. The van der Waals surface area contributed by atoms with Crippen molar-refractivity contribution >= 4 is 29.3 Å². The van der Waals surface area contributed by atoms with Crippen LogP contribution in [0.25, 0.3) is 5.70 Å². The monoisotopic (exact) mass is 525 g/mol. The molecule has 0 saturated heterocycles. The number of ether oxygens (including phenoxy) is 1. The predicted octanol–water partition coefficient (Wildman–Crippen LogP) is 6.34. The number of hydrogen-bond acceptors (Lipinski definition) is 4. The first-order valence-corrected chi connectivity index (χ1v) is 13.5. The minimum Gasteiger partial charge on any atom is -0.463 e. The highest BCUT2D eigenvalue weighted by Crippen LogP contribution is 2.37. The molecule has 2 N–H and O–H groups in total. The van der Waals surface area contributed by atoms with Crippen LogP contribution in [0, 0.1) is 0 Å². The summed E-state index contributed by atoms with van der Waals surface area (Å²) in [6.07, 6.45) is 2.58. The Morgan fingerprint density at radius 2 is 1.69 bits per heavy atom.